The average molecular weight is 398 g/mol. The summed E-state index contributed by atoms with van der Waals surface area (Å²) in [6, 6.07) is -1.25. The number of aliphatic hydroxyl groups is 1. The van der Waals surface area contributed by atoms with E-state index >= 15 is 0 Å². The summed E-state index contributed by atoms with van der Waals surface area (Å²) in [6.07, 6.45) is -0.220. The largest absolute Gasteiger partial charge is 0.528 e. The molecule has 0 spiro atoms. The van der Waals surface area contributed by atoms with E-state index in [4.69, 9.17) is 19.0 Å². The van der Waals surface area contributed by atoms with E-state index in [1.54, 1.807) is 0 Å². The first-order valence-electron chi connectivity index (χ1n) is 7.98. The van der Waals surface area contributed by atoms with Crippen LogP contribution in [0.4, 0.5) is 9.59 Å². The van der Waals surface area contributed by atoms with E-state index < -0.39 is 43.1 Å². The van der Waals surface area contributed by atoms with Gasteiger partial charge in [0.2, 0.25) is 12.1 Å². The van der Waals surface area contributed by atoms with Crippen LogP contribution in [-0.2, 0) is 23.8 Å². The first kappa shape index (κ1) is 19.3. The zero-order valence-electron chi connectivity index (χ0n) is 14.2. The van der Waals surface area contributed by atoms with Crippen LogP contribution in [0.15, 0.2) is 35.8 Å². The summed E-state index contributed by atoms with van der Waals surface area (Å²) in [5, 5.41) is 10.9. The number of ether oxygens (including phenoxy) is 3. The summed E-state index contributed by atoms with van der Waals surface area (Å²) in [6.45, 7) is 6.40. The Hall–Kier alpha value is -2.50. The van der Waals surface area contributed by atoms with Crippen molar-refractivity contribution in [3.63, 3.8) is 0 Å². The molecule has 0 aromatic rings. The minimum atomic E-state index is -1.06. The van der Waals surface area contributed by atoms with Crippen LogP contribution < -0.4 is 0 Å². The second kappa shape index (κ2) is 8.03. The van der Waals surface area contributed by atoms with Crippen molar-refractivity contribution in [1.82, 2.24) is 9.96 Å². The molecule has 2 fully saturated rings. The summed E-state index contributed by atoms with van der Waals surface area (Å²) in [5.41, 5.74) is 0.408. The smallest absolute Gasteiger partial charge is 0.430 e. The number of hydroxylamine groups is 2. The molecule has 3 aliphatic rings. The lowest BCUT2D eigenvalue weighted by Crippen LogP contribution is -2.72. The summed E-state index contributed by atoms with van der Waals surface area (Å²) in [4.78, 5) is 43.1. The number of hydrogen-bond acceptors (Lipinski definition) is 10. The fourth-order valence-electron chi connectivity index (χ4n) is 3.05. The van der Waals surface area contributed by atoms with Crippen LogP contribution in [0.3, 0.4) is 0 Å². The molecule has 0 saturated carbocycles. The fourth-order valence-corrected chi connectivity index (χ4v) is 4.29. The Morgan fingerprint density at radius 1 is 1.19 bits per heavy atom. The average Bonchev–Trinajstić information content (AvgIpc) is 2.94. The Labute approximate surface area is 158 Å². The maximum Gasteiger partial charge on any atom is 0.528 e. The lowest BCUT2D eigenvalue weighted by atomic mass is 9.97. The highest BCUT2D eigenvalue weighted by Crippen LogP contribution is 2.50. The zero-order valence-corrected chi connectivity index (χ0v) is 15.1. The molecule has 3 heterocycles. The molecule has 3 aliphatic heterocycles. The number of carbonyl (C=O) groups excluding carboxylic acids is 3. The van der Waals surface area contributed by atoms with Crippen LogP contribution in [0.5, 0.6) is 0 Å². The van der Waals surface area contributed by atoms with Crippen molar-refractivity contribution in [2.45, 2.75) is 18.3 Å². The van der Waals surface area contributed by atoms with Gasteiger partial charge in [0.15, 0.2) is 6.04 Å². The molecule has 3 rings (SSSR count). The van der Waals surface area contributed by atoms with Gasteiger partial charge in [0.05, 0.1) is 18.5 Å². The number of thioether (sulfide) groups is 1. The van der Waals surface area contributed by atoms with Gasteiger partial charge < -0.3 is 24.2 Å². The van der Waals surface area contributed by atoms with Crippen LogP contribution in [0.2, 0.25) is 0 Å². The fraction of sp³-hybridized carbons (Fsp3) is 0.438. The van der Waals surface area contributed by atoms with Crippen LogP contribution in [0.25, 0.3) is 0 Å². The van der Waals surface area contributed by atoms with Gasteiger partial charge in [-0.3, -0.25) is 9.69 Å². The van der Waals surface area contributed by atoms with E-state index in [-0.39, 0.29) is 19.1 Å². The normalized spacial score (nSPS) is 26.0. The number of carbonyl (C=O) groups is 3. The van der Waals surface area contributed by atoms with Crippen LogP contribution in [0, 0.1) is 0 Å². The summed E-state index contributed by atoms with van der Waals surface area (Å²) in [5.74, 6) is -0.240. The number of nitrogens with zero attached hydrogens (tertiary/aromatic N) is 2. The van der Waals surface area contributed by atoms with Crippen molar-refractivity contribution in [2.75, 3.05) is 25.7 Å². The minimum Gasteiger partial charge on any atom is -0.430 e. The van der Waals surface area contributed by atoms with Crippen LogP contribution in [0.1, 0.15) is 0 Å². The van der Waals surface area contributed by atoms with Crippen molar-refractivity contribution >= 4 is 30.0 Å². The third kappa shape index (κ3) is 3.40. The van der Waals surface area contributed by atoms with Gasteiger partial charge in [0, 0.05) is 10.5 Å². The van der Waals surface area contributed by atoms with E-state index in [2.05, 4.69) is 13.2 Å². The summed E-state index contributed by atoms with van der Waals surface area (Å²) in [7, 11) is 0. The third-order valence-electron chi connectivity index (χ3n) is 4.11. The Balaban J connectivity index is 1.72. The summed E-state index contributed by atoms with van der Waals surface area (Å²) < 4.78 is 14.7. The molecule has 1 amide bonds. The Morgan fingerprint density at radius 3 is 2.48 bits per heavy atom. The molecule has 10 nitrogen and oxygen atoms in total. The van der Waals surface area contributed by atoms with Gasteiger partial charge in [0.1, 0.15) is 13.2 Å². The predicted molar refractivity (Wildman–Crippen MR) is 91.9 cm³/mol. The number of aliphatic hydroxyl groups excluding tert-OH is 1. The zero-order chi connectivity index (χ0) is 19.6. The maximum atomic E-state index is 12.6. The number of hydrogen-bond donors (Lipinski definition) is 1. The van der Waals surface area contributed by atoms with E-state index in [9.17, 15) is 19.5 Å². The lowest BCUT2D eigenvalue weighted by molar-refractivity contribution is -0.206. The first-order chi connectivity index (χ1) is 13.0. The Bertz CT molecular complexity index is 709. The van der Waals surface area contributed by atoms with Crippen molar-refractivity contribution in [3.8, 4) is 0 Å². The maximum absolute atomic E-state index is 12.6. The predicted octanol–water partition coefficient (Wildman–Crippen LogP) is 0.752. The van der Waals surface area contributed by atoms with Gasteiger partial charge in [0.25, 0.3) is 0 Å². The van der Waals surface area contributed by atoms with Gasteiger partial charge in [-0.15, -0.1) is 16.8 Å². The van der Waals surface area contributed by atoms with Gasteiger partial charge >= 0.3 is 12.3 Å². The first-order valence-corrected chi connectivity index (χ1v) is 8.97. The van der Waals surface area contributed by atoms with Crippen LogP contribution >= 0.6 is 11.8 Å². The van der Waals surface area contributed by atoms with Gasteiger partial charge in [-0.1, -0.05) is 25.3 Å². The summed E-state index contributed by atoms with van der Waals surface area (Å²) >= 11 is 1.28. The van der Waals surface area contributed by atoms with Crippen molar-refractivity contribution in [1.29, 1.82) is 0 Å². The van der Waals surface area contributed by atoms with Gasteiger partial charge in [-0.05, 0) is 0 Å². The van der Waals surface area contributed by atoms with Gasteiger partial charge in [-0.2, -0.15) is 0 Å². The number of rotatable bonds is 7. The van der Waals surface area contributed by atoms with Crippen LogP contribution in [-0.4, -0.2) is 77.3 Å². The monoisotopic (exact) mass is 398 g/mol. The van der Waals surface area contributed by atoms with E-state index in [1.165, 1.54) is 33.9 Å². The molecular weight excluding hydrogens is 380 g/mol. The molecule has 0 bridgehead atoms. The van der Waals surface area contributed by atoms with Crippen molar-refractivity contribution in [2.24, 2.45) is 0 Å². The highest BCUT2D eigenvalue weighted by molar-refractivity contribution is 8.03. The molecule has 1 N–H and O–H groups in total. The molecule has 0 radical (unpaired) electrons. The molecule has 2 saturated heterocycles. The molecule has 146 valence electrons. The standard InChI is InChI=1S/C16H18N2O8S/c1-3-5-23-15(21)25-14-9(7-19)12-10-11(13(20)18(10)14)17(8-27-12)26-16(22)24-6-4-2/h3-4,10-11,14,19H,1-2,5-8H2/t10-,11-,14?/m0/s1. The molecule has 1 unspecified atom stereocenters. The van der Waals surface area contributed by atoms with E-state index in [0.29, 0.717) is 10.5 Å². The van der Waals surface area contributed by atoms with Gasteiger partial charge in [-0.25, -0.2) is 9.59 Å². The molecule has 11 heteroatoms. The van der Waals surface area contributed by atoms with E-state index in [1.807, 2.05) is 0 Å². The second-order valence-electron chi connectivity index (χ2n) is 5.63. The Kier molecular flexibility index (Phi) is 5.73. The SMILES string of the molecule is C=CCOC(=O)OC1C(CO)=C2SCN(OC(=O)OCC=C)[C@@H]3C(=O)N1[C@H]23. The van der Waals surface area contributed by atoms with Crippen molar-refractivity contribution in [3.05, 3.63) is 35.8 Å². The Morgan fingerprint density at radius 2 is 1.85 bits per heavy atom. The minimum absolute atomic E-state index is 0.0173. The molecule has 3 atom stereocenters. The quantitative estimate of drug-likeness (QED) is 0.374. The lowest BCUT2D eigenvalue weighted by Gasteiger charge is -2.50. The molecular formula is C16H18N2O8S. The topological polar surface area (TPSA) is 115 Å². The number of amides is 1. The molecule has 0 aromatic heterocycles. The molecule has 0 aromatic carbocycles. The second-order valence-corrected chi connectivity index (χ2v) is 6.62. The number of β-lactam (4-membered cyclic amide) rings is 1. The molecule has 0 aliphatic carbocycles. The molecule has 27 heavy (non-hydrogen) atoms. The van der Waals surface area contributed by atoms with E-state index in [0.717, 1.165) is 0 Å². The van der Waals surface area contributed by atoms with Crippen molar-refractivity contribution < 1.29 is 38.5 Å². The highest BCUT2D eigenvalue weighted by Gasteiger charge is 2.64. The highest BCUT2D eigenvalue weighted by atomic mass is 32.2. The third-order valence-corrected chi connectivity index (χ3v) is 5.31.